The molecule has 1 aliphatic heterocycles. The van der Waals surface area contributed by atoms with E-state index in [1.165, 1.54) is 12.7 Å². The van der Waals surface area contributed by atoms with Crippen molar-refractivity contribution in [2.45, 2.75) is 13.5 Å². The SMILES string of the molecule is COc1ccccc1N1C(=O)S/C(=C\c2ccccc2OCc2cccc(C)c2)C1=O. The standard InChI is InChI=1S/C25H21NO4S/c1-17-8-7-9-18(14-17)16-30-21-12-5-3-10-19(21)15-23-24(27)26(25(28)31-23)20-11-4-6-13-22(20)29-2/h3-15H,16H2,1-2H3/b23-15-. The summed E-state index contributed by atoms with van der Waals surface area (Å²) in [5.74, 6) is 0.731. The van der Waals surface area contributed by atoms with E-state index >= 15 is 0 Å². The third kappa shape index (κ3) is 4.49. The van der Waals surface area contributed by atoms with Gasteiger partial charge in [0.05, 0.1) is 17.7 Å². The third-order valence-corrected chi connectivity index (χ3v) is 5.67. The van der Waals surface area contributed by atoms with Crippen molar-refractivity contribution >= 4 is 34.7 Å². The number of hydrogen-bond donors (Lipinski definition) is 0. The molecule has 1 aliphatic rings. The topological polar surface area (TPSA) is 55.8 Å². The monoisotopic (exact) mass is 431 g/mol. The Morgan fingerprint density at radius 3 is 2.45 bits per heavy atom. The molecule has 0 N–H and O–H groups in total. The van der Waals surface area contributed by atoms with Gasteiger partial charge < -0.3 is 9.47 Å². The number of anilines is 1. The highest BCUT2D eigenvalue weighted by molar-refractivity contribution is 8.19. The Balaban J connectivity index is 1.59. The average Bonchev–Trinajstić information content (AvgIpc) is 3.05. The normalized spacial score (nSPS) is 14.9. The molecule has 0 radical (unpaired) electrons. The number of imide groups is 1. The van der Waals surface area contributed by atoms with Gasteiger partial charge in [0.15, 0.2) is 0 Å². The number of benzene rings is 3. The Bertz CT molecular complexity index is 1170. The quantitative estimate of drug-likeness (QED) is 0.460. The summed E-state index contributed by atoms with van der Waals surface area (Å²) >= 11 is 0.903. The molecule has 1 saturated heterocycles. The minimum atomic E-state index is -0.381. The Morgan fingerprint density at radius 2 is 1.68 bits per heavy atom. The van der Waals surface area contributed by atoms with Gasteiger partial charge in [0, 0.05) is 5.56 Å². The molecule has 156 valence electrons. The molecule has 3 aromatic rings. The molecule has 31 heavy (non-hydrogen) atoms. The number of carbonyl (C=O) groups is 2. The van der Waals surface area contributed by atoms with Crippen molar-refractivity contribution in [3.8, 4) is 11.5 Å². The van der Waals surface area contributed by atoms with Crippen molar-refractivity contribution in [3.63, 3.8) is 0 Å². The van der Waals surface area contributed by atoms with Crippen LogP contribution in [0.1, 0.15) is 16.7 Å². The molecule has 0 aromatic heterocycles. The lowest BCUT2D eigenvalue weighted by atomic mass is 10.1. The fourth-order valence-corrected chi connectivity index (χ4v) is 4.15. The van der Waals surface area contributed by atoms with E-state index in [1.807, 2.05) is 49.4 Å². The zero-order valence-corrected chi connectivity index (χ0v) is 18.0. The summed E-state index contributed by atoms with van der Waals surface area (Å²) in [4.78, 5) is 27.1. The van der Waals surface area contributed by atoms with Gasteiger partial charge in [-0.1, -0.05) is 60.2 Å². The lowest BCUT2D eigenvalue weighted by Gasteiger charge is -2.15. The highest BCUT2D eigenvalue weighted by Gasteiger charge is 2.37. The van der Waals surface area contributed by atoms with E-state index in [0.717, 1.165) is 27.8 Å². The number of thioether (sulfide) groups is 1. The maximum Gasteiger partial charge on any atom is 0.298 e. The third-order valence-electron chi connectivity index (χ3n) is 4.80. The van der Waals surface area contributed by atoms with E-state index in [0.29, 0.717) is 28.7 Å². The van der Waals surface area contributed by atoms with E-state index in [4.69, 9.17) is 9.47 Å². The van der Waals surface area contributed by atoms with Crippen LogP contribution in [-0.4, -0.2) is 18.3 Å². The predicted octanol–water partition coefficient (Wildman–Crippen LogP) is 5.82. The number of ether oxygens (including phenoxy) is 2. The van der Waals surface area contributed by atoms with Crippen LogP contribution in [0.3, 0.4) is 0 Å². The van der Waals surface area contributed by atoms with E-state index in [2.05, 4.69) is 6.07 Å². The Hall–Kier alpha value is -3.51. The zero-order valence-electron chi connectivity index (χ0n) is 17.2. The second kappa shape index (κ2) is 9.10. The fraction of sp³-hybridized carbons (Fsp3) is 0.120. The number of amides is 2. The van der Waals surface area contributed by atoms with Gasteiger partial charge in [-0.2, -0.15) is 0 Å². The van der Waals surface area contributed by atoms with Gasteiger partial charge in [-0.05, 0) is 48.5 Å². The van der Waals surface area contributed by atoms with E-state index < -0.39 is 0 Å². The smallest absolute Gasteiger partial charge is 0.298 e. The summed E-state index contributed by atoms with van der Waals surface area (Å²) in [5, 5.41) is -0.362. The fourth-order valence-electron chi connectivity index (χ4n) is 3.33. The van der Waals surface area contributed by atoms with Crippen molar-refractivity contribution in [2.24, 2.45) is 0 Å². The molecule has 5 nitrogen and oxygen atoms in total. The Morgan fingerprint density at radius 1 is 0.935 bits per heavy atom. The summed E-state index contributed by atoms with van der Waals surface area (Å²) in [6.07, 6.45) is 1.70. The van der Waals surface area contributed by atoms with E-state index in [-0.39, 0.29) is 11.1 Å². The van der Waals surface area contributed by atoms with Gasteiger partial charge in [0.25, 0.3) is 11.1 Å². The highest BCUT2D eigenvalue weighted by atomic mass is 32.2. The number of para-hydroxylation sites is 3. The number of methoxy groups -OCH3 is 1. The van der Waals surface area contributed by atoms with Gasteiger partial charge in [-0.15, -0.1) is 0 Å². The lowest BCUT2D eigenvalue weighted by Crippen LogP contribution is -2.28. The molecule has 4 rings (SSSR count). The van der Waals surface area contributed by atoms with Gasteiger partial charge in [-0.25, -0.2) is 4.90 Å². The predicted molar refractivity (Wildman–Crippen MR) is 123 cm³/mol. The van der Waals surface area contributed by atoms with E-state index in [1.54, 1.807) is 30.3 Å². The first-order chi connectivity index (χ1) is 15.1. The Kier molecular flexibility index (Phi) is 6.09. The van der Waals surface area contributed by atoms with E-state index in [9.17, 15) is 9.59 Å². The van der Waals surface area contributed by atoms with Crippen LogP contribution in [0.15, 0.2) is 77.7 Å². The van der Waals surface area contributed by atoms with Crippen LogP contribution >= 0.6 is 11.8 Å². The first-order valence-corrected chi connectivity index (χ1v) is 10.6. The average molecular weight is 432 g/mol. The molecule has 1 heterocycles. The molecule has 0 saturated carbocycles. The van der Waals surface area contributed by atoms with Crippen molar-refractivity contribution in [1.29, 1.82) is 0 Å². The lowest BCUT2D eigenvalue weighted by molar-refractivity contribution is -0.113. The number of aryl methyl sites for hydroxylation is 1. The Labute approximate surface area is 185 Å². The molecular formula is C25H21NO4S. The maximum atomic E-state index is 13.0. The second-order valence-electron chi connectivity index (χ2n) is 7.00. The molecule has 0 atom stereocenters. The summed E-state index contributed by atoms with van der Waals surface area (Å²) in [7, 11) is 1.51. The van der Waals surface area contributed by atoms with Crippen molar-refractivity contribution in [2.75, 3.05) is 12.0 Å². The van der Waals surface area contributed by atoms with Crippen LogP contribution in [0, 0.1) is 6.92 Å². The van der Waals surface area contributed by atoms with Crippen molar-refractivity contribution in [3.05, 3.63) is 94.4 Å². The van der Waals surface area contributed by atoms with Gasteiger partial charge in [0.1, 0.15) is 18.1 Å². The molecule has 6 heteroatoms. The number of nitrogens with zero attached hydrogens (tertiary/aromatic N) is 1. The van der Waals surface area contributed by atoms with Crippen molar-refractivity contribution < 1.29 is 19.1 Å². The highest BCUT2D eigenvalue weighted by Crippen LogP contribution is 2.40. The molecule has 2 amide bonds. The van der Waals surface area contributed by atoms with Gasteiger partial charge in [0.2, 0.25) is 0 Å². The molecule has 3 aromatic carbocycles. The number of rotatable bonds is 6. The molecule has 1 fully saturated rings. The molecule has 0 aliphatic carbocycles. The largest absolute Gasteiger partial charge is 0.495 e. The van der Waals surface area contributed by atoms with Gasteiger partial charge >= 0.3 is 0 Å². The first-order valence-electron chi connectivity index (χ1n) is 9.75. The van der Waals surface area contributed by atoms with Crippen LogP contribution in [0.25, 0.3) is 6.08 Å². The summed E-state index contributed by atoms with van der Waals surface area (Å²) in [6, 6.07) is 22.5. The summed E-state index contributed by atoms with van der Waals surface area (Å²) in [6.45, 7) is 2.45. The van der Waals surface area contributed by atoms with Crippen LogP contribution in [0.5, 0.6) is 11.5 Å². The molecule has 0 bridgehead atoms. The second-order valence-corrected chi connectivity index (χ2v) is 8.00. The molecule has 0 unspecified atom stereocenters. The van der Waals surface area contributed by atoms with Crippen LogP contribution in [0.2, 0.25) is 0 Å². The number of carbonyl (C=O) groups excluding carboxylic acids is 2. The minimum Gasteiger partial charge on any atom is -0.495 e. The molecular weight excluding hydrogens is 410 g/mol. The summed E-state index contributed by atoms with van der Waals surface area (Å²) in [5.41, 5.74) is 3.39. The van der Waals surface area contributed by atoms with Crippen LogP contribution in [-0.2, 0) is 11.4 Å². The summed E-state index contributed by atoms with van der Waals surface area (Å²) < 4.78 is 11.3. The maximum absolute atomic E-state index is 13.0. The van der Waals surface area contributed by atoms with Crippen molar-refractivity contribution in [1.82, 2.24) is 0 Å². The molecule has 0 spiro atoms. The zero-order chi connectivity index (χ0) is 21.8. The van der Waals surface area contributed by atoms with Gasteiger partial charge in [-0.3, -0.25) is 9.59 Å². The first kappa shape index (κ1) is 20.8. The van der Waals surface area contributed by atoms with Crippen LogP contribution < -0.4 is 14.4 Å². The van der Waals surface area contributed by atoms with Crippen LogP contribution in [0.4, 0.5) is 10.5 Å². The number of hydrogen-bond acceptors (Lipinski definition) is 5. The minimum absolute atomic E-state index is 0.336.